The molecule has 18 heteroatoms. The Morgan fingerprint density at radius 1 is 1.03 bits per heavy atom. The van der Waals surface area contributed by atoms with Crippen molar-refractivity contribution in [1.82, 2.24) is 38.9 Å². The van der Waals surface area contributed by atoms with E-state index in [-0.39, 0.29) is 58.6 Å². The van der Waals surface area contributed by atoms with Gasteiger partial charge in [0.05, 0.1) is 33.5 Å². The highest BCUT2D eigenvalue weighted by Crippen LogP contribution is 2.43. The molecule has 4 saturated heterocycles. The number of ether oxygens (including phenoxy) is 3. The average molecular weight is 890 g/mol. The summed E-state index contributed by atoms with van der Waals surface area (Å²) in [6.45, 7) is 7.90. The smallest absolute Gasteiger partial charge is 0.410 e. The Balaban J connectivity index is 0.981. The van der Waals surface area contributed by atoms with Crippen LogP contribution in [-0.4, -0.2) is 116 Å². The zero-order valence-corrected chi connectivity index (χ0v) is 36.3. The molecule has 0 radical (unpaired) electrons. The summed E-state index contributed by atoms with van der Waals surface area (Å²) < 4.78 is 78.3. The van der Waals surface area contributed by atoms with Crippen LogP contribution in [0.2, 0.25) is 0 Å². The highest BCUT2D eigenvalue weighted by Gasteiger charge is 2.50. The number of carbonyl (C=O) groups is 1. The van der Waals surface area contributed by atoms with Gasteiger partial charge in [0.25, 0.3) is 10.0 Å². The van der Waals surface area contributed by atoms with Gasteiger partial charge in [-0.15, -0.1) is 15.6 Å². The summed E-state index contributed by atoms with van der Waals surface area (Å²) in [6, 6.07) is 14.0. The summed E-state index contributed by atoms with van der Waals surface area (Å²) in [7, 11) is -3.96. The number of rotatable bonds is 9. The van der Waals surface area contributed by atoms with Crippen molar-refractivity contribution >= 4 is 43.6 Å². The maximum atomic E-state index is 17.3. The van der Waals surface area contributed by atoms with E-state index >= 15 is 8.78 Å². The van der Waals surface area contributed by atoms with Gasteiger partial charge >= 0.3 is 12.1 Å². The van der Waals surface area contributed by atoms with E-state index < -0.39 is 32.8 Å². The SMILES string of the molecule is C#Cc1c(F)ccc2cccc(-c3ncc4c(N5C[C@H]6CC[C@@H](C5)N6C(=O)OC(C)(C)C)nc(OC[C@@]56CCCN5C[C@@H](Oc5cccc(S(=O)(=O)n7cncn7)c5)C6)nc4c3F)c12. The molecule has 4 aliphatic heterocycles. The van der Waals surface area contributed by atoms with Crippen LogP contribution in [0.4, 0.5) is 19.4 Å². The third kappa shape index (κ3) is 7.29. The van der Waals surface area contributed by atoms with Crippen LogP contribution >= 0.6 is 0 Å². The molecule has 1 amide bonds. The van der Waals surface area contributed by atoms with Crippen LogP contribution in [0.1, 0.15) is 58.4 Å². The third-order valence-corrected chi connectivity index (χ3v) is 14.2. The lowest BCUT2D eigenvalue weighted by Crippen LogP contribution is -2.57. The van der Waals surface area contributed by atoms with Crippen LogP contribution in [0.25, 0.3) is 32.9 Å². The Morgan fingerprint density at radius 2 is 1.83 bits per heavy atom. The van der Waals surface area contributed by atoms with Gasteiger partial charge in [0.1, 0.15) is 59.6 Å². The minimum atomic E-state index is -3.96. The lowest BCUT2D eigenvalue weighted by molar-refractivity contribution is 0.0122. The van der Waals surface area contributed by atoms with E-state index in [0.717, 1.165) is 49.0 Å². The zero-order valence-electron chi connectivity index (χ0n) is 35.4. The first-order valence-corrected chi connectivity index (χ1v) is 22.7. The summed E-state index contributed by atoms with van der Waals surface area (Å²) >= 11 is 0. The number of nitrogens with zero attached hydrogens (tertiary/aromatic N) is 9. The average Bonchev–Trinajstić information content (AvgIpc) is 4.06. The van der Waals surface area contributed by atoms with Crippen LogP contribution in [0.15, 0.2) is 78.3 Å². The van der Waals surface area contributed by atoms with Crippen LogP contribution in [0.3, 0.4) is 0 Å². The number of benzene rings is 3. The van der Waals surface area contributed by atoms with Crippen molar-refractivity contribution in [1.29, 1.82) is 0 Å². The minimum Gasteiger partial charge on any atom is -0.489 e. The number of halogens is 2. The van der Waals surface area contributed by atoms with Gasteiger partial charge in [-0.3, -0.25) is 14.8 Å². The summed E-state index contributed by atoms with van der Waals surface area (Å²) in [5.74, 6) is 1.91. The quantitative estimate of drug-likeness (QED) is 0.144. The van der Waals surface area contributed by atoms with Gasteiger partial charge in [0, 0.05) is 49.3 Å². The van der Waals surface area contributed by atoms with E-state index in [9.17, 15) is 13.2 Å². The molecule has 7 heterocycles. The highest BCUT2D eigenvalue weighted by molar-refractivity contribution is 7.89. The lowest BCUT2D eigenvalue weighted by atomic mass is 9.94. The first kappa shape index (κ1) is 41.6. The topological polar surface area (TPSA) is 158 Å². The monoisotopic (exact) mass is 889 g/mol. The van der Waals surface area contributed by atoms with Gasteiger partial charge in [-0.2, -0.15) is 18.4 Å². The number of amides is 1. The lowest BCUT2D eigenvalue weighted by Gasteiger charge is -2.42. The second-order valence-electron chi connectivity index (χ2n) is 17.9. The van der Waals surface area contributed by atoms with Gasteiger partial charge in [0.2, 0.25) is 0 Å². The summed E-state index contributed by atoms with van der Waals surface area (Å²) in [5.41, 5.74) is -0.893. The van der Waals surface area contributed by atoms with E-state index in [1.54, 1.807) is 36.4 Å². The predicted molar refractivity (Wildman–Crippen MR) is 232 cm³/mol. The maximum Gasteiger partial charge on any atom is 0.410 e. The Hall–Kier alpha value is -6.45. The van der Waals surface area contributed by atoms with Gasteiger partial charge in [-0.1, -0.05) is 36.3 Å². The molecule has 10 rings (SSSR count). The summed E-state index contributed by atoms with van der Waals surface area (Å²) in [5, 5.41) is 5.13. The van der Waals surface area contributed by atoms with Crippen LogP contribution in [-0.2, 0) is 14.8 Å². The molecule has 3 aromatic heterocycles. The van der Waals surface area contributed by atoms with Gasteiger partial charge in [0.15, 0.2) is 5.82 Å². The van der Waals surface area contributed by atoms with E-state index in [1.165, 1.54) is 24.4 Å². The normalized spacial score (nSPS) is 22.2. The van der Waals surface area contributed by atoms with Crippen molar-refractivity contribution in [2.45, 2.75) is 87.1 Å². The Morgan fingerprint density at radius 3 is 2.58 bits per heavy atom. The fraction of sp³-hybridized carbons (Fsp3) is 0.391. The second kappa shape index (κ2) is 15.7. The number of anilines is 1. The molecule has 0 N–H and O–H groups in total. The third-order valence-electron chi connectivity index (χ3n) is 12.7. The fourth-order valence-electron chi connectivity index (χ4n) is 9.97. The number of carbonyl (C=O) groups excluding carboxylic acids is 1. The summed E-state index contributed by atoms with van der Waals surface area (Å²) in [4.78, 5) is 37.6. The van der Waals surface area contributed by atoms with E-state index in [1.807, 2.05) is 30.6 Å². The molecule has 2 bridgehead atoms. The molecule has 4 atom stereocenters. The maximum absolute atomic E-state index is 17.3. The van der Waals surface area contributed by atoms with Crippen LogP contribution < -0.4 is 14.4 Å². The molecule has 0 aliphatic carbocycles. The van der Waals surface area contributed by atoms with Gasteiger partial charge in [-0.05, 0) is 76.6 Å². The standard InChI is InChI=1S/C46H45F2N9O6S/c1-5-34-37(47)16-13-28-9-6-12-35(38(28)34)40-39(48)41-36(21-50-40)42(54-22-29-14-15-30(23-54)57(29)44(58)63-45(2,3)4)53-43(52-41)61-25-46-17-8-18-55(46)24-32(20-46)62-31-10-7-11-33(19-31)64(59,60)56-27-49-26-51-56/h1,6-7,9-13,16,19,21,26-27,29-30,32H,8,14-15,17-18,20,22-25H2,2-4H3/t29-,30+,32-,46-/m0/s1. The Kier molecular flexibility index (Phi) is 10.2. The number of fused-ring (bicyclic) bond motifs is 5. The molecular formula is C46H45F2N9O6S. The molecule has 6 aromatic rings. The predicted octanol–water partition coefficient (Wildman–Crippen LogP) is 6.59. The highest BCUT2D eigenvalue weighted by atomic mass is 32.2. The molecule has 64 heavy (non-hydrogen) atoms. The molecule has 0 unspecified atom stereocenters. The summed E-state index contributed by atoms with van der Waals surface area (Å²) in [6.07, 6.45) is 12.8. The Labute approximate surface area is 368 Å². The Bertz CT molecular complexity index is 2960. The van der Waals surface area contributed by atoms with Crippen LogP contribution in [0, 0.1) is 24.0 Å². The van der Waals surface area contributed by atoms with Crippen molar-refractivity contribution in [3.8, 4) is 35.4 Å². The zero-order chi connectivity index (χ0) is 44.5. The fourth-order valence-corrected chi connectivity index (χ4v) is 11.0. The molecule has 4 aliphatic rings. The van der Waals surface area contributed by atoms with Crippen molar-refractivity contribution in [3.63, 3.8) is 0 Å². The molecule has 0 saturated carbocycles. The largest absolute Gasteiger partial charge is 0.489 e. The number of aromatic nitrogens is 6. The number of piperazine rings is 1. The second-order valence-corrected chi connectivity index (χ2v) is 19.7. The molecule has 330 valence electrons. The molecule has 15 nitrogen and oxygen atoms in total. The van der Waals surface area contributed by atoms with Crippen molar-refractivity contribution in [2.75, 3.05) is 37.7 Å². The number of terminal acetylenes is 1. The number of pyridine rings is 1. The first-order valence-electron chi connectivity index (χ1n) is 21.3. The van der Waals surface area contributed by atoms with Crippen molar-refractivity contribution in [3.05, 3.63) is 90.6 Å². The van der Waals surface area contributed by atoms with Crippen LogP contribution in [0.5, 0.6) is 11.8 Å². The van der Waals surface area contributed by atoms with E-state index in [2.05, 4.69) is 25.9 Å². The number of hydrogen-bond donors (Lipinski definition) is 0. The molecular weight excluding hydrogens is 845 g/mol. The molecule has 4 fully saturated rings. The van der Waals surface area contributed by atoms with Crippen molar-refractivity contribution in [2.24, 2.45) is 0 Å². The first-order chi connectivity index (χ1) is 30.7. The van der Waals surface area contributed by atoms with E-state index in [0.29, 0.717) is 59.3 Å². The van der Waals surface area contributed by atoms with E-state index in [4.69, 9.17) is 30.6 Å². The van der Waals surface area contributed by atoms with Crippen molar-refractivity contribution < 1.29 is 36.2 Å². The van der Waals surface area contributed by atoms with Gasteiger partial charge in [-0.25, -0.2) is 18.6 Å². The molecule has 0 spiro atoms. The number of hydrogen-bond acceptors (Lipinski definition) is 13. The minimum absolute atomic E-state index is 0.00358. The molecule has 3 aromatic carbocycles. The van der Waals surface area contributed by atoms with Gasteiger partial charge < -0.3 is 19.1 Å².